The molecule has 5 unspecified atom stereocenters. The van der Waals surface area contributed by atoms with Crippen molar-refractivity contribution in [3.8, 4) is 0 Å². The maximum absolute atomic E-state index is 9.87. The van der Waals surface area contributed by atoms with Gasteiger partial charge in [-0.2, -0.15) is 0 Å². The minimum Gasteiger partial charge on any atom is -0.394 e. The van der Waals surface area contributed by atoms with Crippen molar-refractivity contribution in [2.75, 3.05) is 6.61 Å². The second-order valence-corrected chi connectivity index (χ2v) is 3.94. The quantitative estimate of drug-likeness (QED) is 0.467. The predicted octanol–water partition coefficient (Wildman–Crippen LogP) is -1.17. The first-order chi connectivity index (χ1) is 6.45. The van der Waals surface area contributed by atoms with Gasteiger partial charge >= 0.3 is 0 Å². The van der Waals surface area contributed by atoms with Crippen molar-refractivity contribution in [3.63, 3.8) is 0 Å². The summed E-state index contributed by atoms with van der Waals surface area (Å²) in [4.78, 5) is 0. The van der Waals surface area contributed by atoms with Gasteiger partial charge in [-0.15, -0.1) is 0 Å². The monoisotopic (exact) mass is 206 g/mol. The van der Waals surface area contributed by atoms with Crippen LogP contribution >= 0.6 is 0 Å². The van der Waals surface area contributed by atoms with Crippen molar-refractivity contribution in [2.24, 2.45) is 5.92 Å². The lowest BCUT2D eigenvalue weighted by atomic mass is 9.83. The van der Waals surface area contributed by atoms with E-state index >= 15 is 0 Å². The van der Waals surface area contributed by atoms with E-state index in [4.69, 9.17) is 9.84 Å². The largest absolute Gasteiger partial charge is 0.394 e. The van der Waals surface area contributed by atoms with E-state index in [0.29, 0.717) is 6.42 Å². The van der Waals surface area contributed by atoms with Crippen LogP contribution in [-0.4, -0.2) is 51.1 Å². The van der Waals surface area contributed by atoms with Crippen LogP contribution in [0.5, 0.6) is 0 Å². The summed E-state index contributed by atoms with van der Waals surface area (Å²) in [6, 6.07) is 0. The minimum absolute atomic E-state index is 0.375. The Hall–Kier alpha value is -0.200. The number of aliphatic hydroxyl groups is 4. The lowest BCUT2D eigenvalue weighted by Gasteiger charge is -2.28. The summed E-state index contributed by atoms with van der Waals surface area (Å²) < 4.78 is 5.03. The minimum atomic E-state index is -1.37. The topological polar surface area (TPSA) is 90.2 Å². The van der Waals surface area contributed by atoms with Gasteiger partial charge in [0.15, 0.2) is 6.29 Å². The van der Waals surface area contributed by atoms with Crippen LogP contribution < -0.4 is 0 Å². The van der Waals surface area contributed by atoms with Gasteiger partial charge in [0, 0.05) is 5.92 Å². The van der Waals surface area contributed by atoms with Gasteiger partial charge in [0.25, 0.3) is 0 Å². The molecule has 0 saturated carbocycles. The van der Waals surface area contributed by atoms with Gasteiger partial charge in [-0.3, -0.25) is 0 Å². The number of hydrogen-bond acceptors (Lipinski definition) is 5. The van der Waals surface area contributed by atoms with Crippen molar-refractivity contribution in [1.82, 2.24) is 0 Å². The lowest BCUT2D eigenvalue weighted by molar-refractivity contribution is -0.175. The van der Waals surface area contributed by atoms with Crippen LogP contribution in [0.2, 0.25) is 0 Å². The molecule has 1 heterocycles. The SMILES string of the molecule is CCC1C(C(O)CO)OC(O)C1(C)O. The van der Waals surface area contributed by atoms with E-state index in [1.807, 2.05) is 6.92 Å². The van der Waals surface area contributed by atoms with E-state index < -0.39 is 30.7 Å². The summed E-state index contributed by atoms with van der Waals surface area (Å²) in [5.74, 6) is -0.375. The van der Waals surface area contributed by atoms with Crippen molar-refractivity contribution in [3.05, 3.63) is 0 Å². The average molecular weight is 206 g/mol. The van der Waals surface area contributed by atoms with Crippen molar-refractivity contribution < 1.29 is 25.2 Å². The first-order valence-electron chi connectivity index (χ1n) is 4.80. The van der Waals surface area contributed by atoms with Gasteiger partial charge in [0.05, 0.1) is 12.7 Å². The van der Waals surface area contributed by atoms with E-state index in [0.717, 1.165) is 0 Å². The van der Waals surface area contributed by atoms with Gasteiger partial charge in [0.1, 0.15) is 11.7 Å². The zero-order valence-electron chi connectivity index (χ0n) is 8.42. The Morgan fingerprint density at radius 1 is 1.50 bits per heavy atom. The molecule has 0 aromatic heterocycles. The highest BCUT2D eigenvalue weighted by Gasteiger charge is 2.52. The van der Waals surface area contributed by atoms with Gasteiger partial charge < -0.3 is 25.2 Å². The molecule has 4 N–H and O–H groups in total. The second-order valence-electron chi connectivity index (χ2n) is 3.94. The highest BCUT2D eigenvalue weighted by Crippen LogP contribution is 2.38. The van der Waals surface area contributed by atoms with E-state index in [9.17, 15) is 15.3 Å². The number of rotatable bonds is 3. The summed E-state index contributed by atoms with van der Waals surface area (Å²) in [5, 5.41) is 37.5. The first-order valence-corrected chi connectivity index (χ1v) is 4.80. The molecule has 5 atom stereocenters. The molecule has 1 rings (SSSR count). The Morgan fingerprint density at radius 2 is 2.07 bits per heavy atom. The Bertz CT molecular complexity index is 194. The molecule has 0 aromatic carbocycles. The van der Waals surface area contributed by atoms with Crippen LogP contribution in [0.3, 0.4) is 0 Å². The van der Waals surface area contributed by atoms with E-state index in [2.05, 4.69) is 0 Å². The van der Waals surface area contributed by atoms with Crippen LogP contribution in [0.25, 0.3) is 0 Å². The van der Waals surface area contributed by atoms with E-state index in [1.165, 1.54) is 6.92 Å². The molecule has 84 valence electrons. The van der Waals surface area contributed by atoms with Crippen LogP contribution in [0.1, 0.15) is 20.3 Å². The van der Waals surface area contributed by atoms with Crippen molar-refractivity contribution in [2.45, 2.75) is 44.4 Å². The molecule has 0 aromatic rings. The molecule has 5 nitrogen and oxygen atoms in total. The number of hydrogen-bond donors (Lipinski definition) is 4. The standard InChI is InChI=1S/C9H18O5/c1-3-5-7(6(11)4-10)14-8(12)9(5,2)13/h5-8,10-13H,3-4H2,1-2H3. The maximum atomic E-state index is 9.87. The lowest BCUT2D eigenvalue weighted by Crippen LogP contribution is -2.43. The fourth-order valence-electron chi connectivity index (χ4n) is 2.01. The Morgan fingerprint density at radius 3 is 2.50 bits per heavy atom. The van der Waals surface area contributed by atoms with Gasteiger partial charge in [-0.25, -0.2) is 0 Å². The molecule has 1 aliphatic rings. The van der Waals surface area contributed by atoms with Crippen molar-refractivity contribution in [1.29, 1.82) is 0 Å². The molecule has 1 fully saturated rings. The molecular formula is C9H18O5. The van der Waals surface area contributed by atoms with Gasteiger partial charge in [0.2, 0.25) is 0 Å². The third kappa shape index (κ3) is 1.78. The normalized spacial score (nSPS) is 45.4. The van der Waals surface area contributed by atoms with Crippen LogP contribution in [0.4, 0.5) is 0 Å². The van der Waals surface area contributed by atoms with Crippen LogP contribution in [0.15, 0.2) is 0 Å². The third-order valence-electron chi connectivity index (χ3n) is 2.94. The summed E-state index contributed by atoms with van der Waals surface area (Å²) in [6.07, 6.45) is -2.52. The molecule has 0 radical (unpaired) electrons. The summed E-state index contributed by atoms with van der Waals surface area (Å²) in [5.41, 5.74) is -1.37. The van der Waals surface area contributed by atoms with Crippen LogP contribution in [0, 0.1) is 5.92 Å². The molecule has 1 aliphatic heterocycles. The average Bonchev–Trinajstić information content (AvgIpc) is 2.37. The highest BCUT2D eigenvalue weighted by atomic mass is 16.6. The molecule has 1 saturated heterocycles. The summed E-state index contributed by atoms with van der Waals surface area (Å²) >= 11 is 0. The van der Waals surface area contributed by atoms with Gasteiger partial charge in [-0.1, -0.05) is 6.92 Å². The predicted molar refractivity (Wildman–Crippen MR) is 48.4 cm³/mol. The molecular weight excluding hydrogens is 188 g/mol. The van der Waals surface area contributed by atoms with Crippen molar-refractivity contribution >= 4 is 0 Å². The Balaban J connectivity index is 2.80. The van der Waals surface area contributed by atoms with E-state index in [-0.39, 0.29) is 5.92 Å². The molecule has 0 aliphatic carbocycles. The second kappa shape index (κ2) is 4.12. The Labute approximate surface area is 82.9 Å². The zero-order chi connectivity index (χ0) is 10.9. The molecule has 14 heavy (non-hydrogen) atoms. The molecule has 0 bridgehead atoms. The third-order valence-corrected chi connectivity index (χ3v) is 2.94. The molecule has 0 amide bonds. The fraction of sp³-hybridized carbons (Fsp3) is 1.00. The van der Waals surface area contributed by atoms with Gasteiger partial charge in [-0.05, 0) is 13.3 Å². The molecule has 5 heteroatoms. The number of aliphatic hydroxyl groups excluding tert-OH is 3. The zero-order valence-corrected chi connectivity index (χ0v) is 8.42. The van der Waals surface area contributed by atoms with E-state index in [1.54, 1.807) is 0 Å². The Kier molecular flexibility index (Phi) is 3.49. The summed E-state index contributed by atoms with van der Waals surface area (Å²) in [6.45, 7) is 2.86. The first kappa shape index (κ1) is 11.9. The van der Waals surface area contributed by atoms with Crippen LogP contribution in [-0.2, 0) is 4.74 Å². The fourth-order valence-corrected chi connectivity index (χ4v) is 2.01. The number of ether oxygens (including phenoxy) is 1. The highest BCUT2D eigenvalue weighted by molar-refractivity contribution is 4.97. The maximum Gasteiger partial charge on any atom is 0.184 e. The smallest absolute Gasteiger partial charge is 0.184 e. The summed E-state index contributed by atoms with van der Waals surface area (Å²) in [7, 11) is 0. The molecule has 0 spiro atoms.